The van der Waals surface area contributed by atoms with Crippen LogP contribution in [0.1, 0.15) is 5.69 Å². The van der Waals surface area contributed by atoms with Gasteiger partial charge in [-0.2, -0.15) is 15.1 Å². The highest BCUT2D eigenvalue weighted by molar-refractivity contribution is 7.71. The van der Waals surface area contributed by atoms with Gasteiger partial charge in [-0.3, -0.25) is 0 Å². The van der Waals surface area contributed by atoms with Crippen molar-refractivity contribution in [3.05, 3.63) is 30.0 Å². The summed E-state index contributed by atoms with van der Waals surface area (Å²) in [5, 5.41) is 4.84. The maximum absolute atomic E-state index is 11.3. The molecule has 4 rings (SSSR count). The number of fused-ring (bicyclic) bond motifs is 1. The van der Waals surface area contributed by atoms with Crippen LogP contribution in [0, 0.1) is 0 Å². The highest BCUT2D eigenvalue weighted by Crippen LogP contribution is 2.27. The minimum Gasteiger partial charge on any atom is -0.383 e. The van der Waals surface area contributed by atoms with Gasteiger partial charge in [0.05, 0.1) is 22.5 Å². The Balaban J connectivity index is 1.74. The van der Waals surface area contributed by atoms with Crippen molar-refractivity contribution in [2.75, 3.05) is 49.6 Å². The summed E-state index contributed by atoms with van der Waals surface area (Å²) in [6.07, 6.45) is 0. The number of benzene rings is 1. The monoisotopic (exact) mass is 402 g/mol. The third kappa shape index (κ3) is 3.45. The van der Waals surface area contributed by atoms with Gasteiger partial charge in [0, 0.05) is 31.9 Å². The molecule has 0 spiro atoms. The van der Waals surface area contributed by atoms with Crippen molar-refractivity contribution in [3.8, 4) is 5.69 Å². The van der Waals surface area contributed by atoms with Crippen LogP contribution >= 0.6 is 0 Å². The highest BCUT2D eigenvalue weighted by Gasteiger charge is 2.19. The van der Waals surface area contributed by atoms with Gasteiger partial charge in [-0.25, -0.2) is 13.1 Å². The van der Waals surface area contributed by atoms with Gasteiger partial charge < -0.3 is 21.3 Å². The van der Waals surface area contributed by atoms with Gasteiger partial charge in [0.15, 0.2) is 5.65 Å². The molecule has 148 valence electrons. The number of hydrogen-bond donors (Lipinski definition) is 3. The third-order valence-electron chi connectivity index (χ3n) is 4.89. The van der Waals surface area contributed by atoms with Crippen LogP contribution in [0.3, 0.4) is 0 Å². The zero-order valence-corrected chi connectivity index (χ0v) is 16.3. The lowest BCUT2D eigenvalue weighted by Crippen LogP contribution is -2.44. The van der Waals surface area contributed by atoms with Crippen molar-refractivity contribution >= 4 is 39.2 Å². The van der Waals surface area contributed by atoms with Crippen LogP contribution in [0.15, 0.2) is 24.3 Å². The smallest absolute Gasteiger partial charge is 0.224 e. The molecule has 0 atom stereocenters. The van der Waals surface area contributed by atoms with E-state index in [0.717, 1.165) is 37.6 Å². The van der Waals surface area contributed by atoms with Gasteiger partial charge in [0.1, 0.15) is 16.5 Å². The van der Waals surface area contributed by atoms with Crippen LogP contribution in [0.4, 0.5) is 17.5 Å². The largest absolute Gasteiger partial charge is 0.383 e. The molecule has 1 saturated heterocycles. The van der Waals surface area contributed by atoms with E-state index in [4.69, 9.17) is 11.5 Å². The number of thiol groups is 1. The SMILES string of the molecule is CN1CCN(c2ccc(-n3nc(C[SH](=O)=O)c4c(N)nc(N)nc43)cc2)CC1. The molecule has 28 heavy (non-hydrogen) atoms. The average molecular weight is 402 g/mol. The zero-order chi connectivity index (χ0) is 19.8. The van der Waals surface area contributed by atoms with E-state index >= 15 is 0 Å². The molecule has 0 aliphatic carbocycles. The van der Waals surface area contributed by atoms with E-state index in [1.165, 1.54) is 0 Å². The van der Waals surface area contributed by atoms with E-state index < -0.39 is 10.7 Å². The molecule has 3 aromatic rings. The minimum atomic E-state index is -2.67. The summed E-state index contributed by atoms with van der Waals surface area (Å²) in [6.45, 7) is 4.00. The fraction of sp³-hybridized carbons (Fsp3) is 0.353. The number of nitrogens with zero attached hydrogens (tertiary/aromatic N) is 6. The Morgan fingerprint density at radius 3 is 2.29 bits per heavy atom. The molecule has 2 aromatic heterocycles. The molecule has 3 heterocycles. The molecule has 0 unspecified atom stereocenters. The number of piperazine rings is 1. The van der Waals surface area contributed by atoms with E-state index in [1.54, 1.807) is 4.68 Å². The lowest BCUT2D eigenvalue weighted by molar-refractivity contribution is 0.313. The van der Waals surface area contributed by atoms with Crippen LogP contribution < -0.4 is 16.4 Å². The van der Waals surface area contributed by atoms with E-state index in [1.807, 2.05) is 24.3 Å². The van der Waals surface area contributed by atoms with Crippen LogP contribution in [-0.4, -0.2) is 66.3 Å². The van der Waals surface area contributed by atoms with Crippen molar-refractivity contribution in [2.45, 2.75) is 5.75 Å². The molecule has 0 saturated carbocycles. The van der Waals surface area contributed by atoms with Crippen LogP contribution in [0.2, 0.25) is 0 Å². The lowest BCUT2D eigenvalue weighted by Gasteiger charge is -2.34. The molecule has 0 radical (unpaired) electrons. The average Bonchev–Trinajstić information content (AvgIpc) is 3.00. The first kappa shape index (κ1) is 18.4. The van der Waals surface area contributed by atoms with Crippen LogP contribution in [0.5, 0.6) is 0 Å². The second-order valence-electron chi connectivity index (χ2n) is 6.82. The molecule has 4 N–H and O–H groups in total. The van der Waals surface area contributed by atoms with Crippen molar-refractivity contribution in [1.29, 1.82) is 0 Å². The van der Waals surface area contributed by atoms with Gasteiger partial charge in [0.2, 0.25) is 5.95 Å². The highest BCUT2D eigenvalue weighted by atomic mass is 32.2. The Morgan fingerprint density at radius 2 is 1.64 bits per heavy atom. The number of nitrogen functional groups attached to an aromatic ring is 2. The molecule has 10 nitrogen and oxygen atoms in total. The molecule has 1 fully saturated rings. The van der Waals surface area contributed by atoms with E-state index in [0.29, 0.717) is 16.7 Å². The number of nitrogens with two attached hydrogens (primary N) is 2. The predicted molar refractivity (Wildman–Crippen MR) is 109 cm³/mol. The quantitative estimate of drug-likeness (QED) is 0.509. The van der Waals surface area contributed by atoms with E-state index in [2.05, 4.69) is 31.9 Å². The topological polar surface area (TPSA) is 136 Å². The summed E-state index contributed by atoms with van der Waals surface area (Å²) < 4.78 is 24.1. The number of likely N-dealkylation sites (N-methyl/N-ethyl adjacent to an activating group) is 1. The Labute approximate surface area is 163 Å². The summed E-state index contributed by atoms with van der Waals surface area (Å²) in [5.41, 5.74) is 14.3. The number of aromatic nitrogens is 4. The summed E-state index contributed by atoms with van der Waals surface area (Å²) in [5.74, 6) is -0.108. The number of rotatable bonds is 4. The fourth-order valence-electron chi connectivity index (χ4n) is 3.41. The molecule has 11 heteroatoms. The Kier molecular flexibility index (Phi) is 4.77. The van der Waals surface area contributed by atoms with Crippen molar-refractivity contribution in [2.24, 2.45) is 0 Å². The summed E-state index contributed by atoms with van der Waals surface area (Å²) >= 11 is 0. The predicted octanol–water partition coefficient (Wildman–Crippen LogP) is -0.157. The Hall–Kier alpha value is -2.92. The number of anilines is 3. The molecular formula is C17H22N8O2S. The van der Waals surface area contributed by atoms with Crippen molar-refractivity contribution in [1.82, 2.24) is 24.6 Å². The Morgan fingerprint density at radius 1 is 1.00 bits per heavy atom. The summed E-state index contributed by atoms with van der Waals surface area (Å²) in [4.78, 5) is 12.8. The maximum Gasteiger partial charge on any atom is 0.224 e. The maximum atomic E-state index is 11.3. The standard InChI is InChI=1S/C17H22N8O2S/c1-23-6-8-24(9-7-23)11-2-4-12(5-3-11)25-16-14(13(22-25)10-28(26)27)15(18)20-17(19)21-16/h2-5,28H,6-10H2,1H3,(H4,18,19,20,21). The number of hydrogen-bond acceptors (Lipinski definition) is 9. The zero-order valence-electron chi connectivity index (χ0n) is 15.4. The molecular weight excluding hydrogens is 380 g/mol. The van der Waals surface area contributed by atoms with Crippen LogP contribution in [0.25, 0.3) is 16.7 Å². The summed E-state index contributed by atoms with van der Waals surface area (Å²) in [7, 11) is -0.551. The molecule has 1 aromatic carbocycles. The molecule has 1 aliphatic heterocycles. The first-order chi connectivity index (χ1) is 13.4. The van der Waals surface area contributed by atoms with E-state index in [-0.39, 0.29) is 17.5 Å². The first-order valence-electron chi connectivity index (χ1n) is 8.88. The normalized spacial score (nSPS) is 15.6. The van der Waals surface area contributed by atoms with Gasteiger partial charge >= 0.3 is 0 Å². The van der Waals surface area contributed by atoms with Crippen molar-refractivity contribution < 1.29 is 8.42 Å². The molecule has 1 aliphatic rings. The van der Waals surface area contributed by atoms with Gasteiger partial charge in [-0.05, 0) is 31.3 Å². The van der Waals surface area contributed by atoms with Gasteiger partial charge in [-0.1, -0.05) is 0 Å². The Bertz CT molecular complexity index is 1080. The molecule has 0 bridgehead atoms. The second-order valence-corrected chi connectivity index (χ2v) is 7.80. The minimum absolute atomic E-state index is 0.0123. The third-order valence-corrected chi connectivity index (χ3v) is 5.44. The first-order valence-corrected chi connectivity index (χ1v) is 10.2. The van der Waals surface area contributed by atoms with E-state index in [9.17, 15) is 8.42 Å². The lowest BCUT2D eigenvalue weighted by atomic mass is 10.2. The van der Waals surface area contributed by atoms with Gasteiger partial charge in [-0.15, -0.1) is 0 Å². The van der Waals surface area contributed by atoms with Gasteiger partial charge in [0.25, 0.3) is 0 Å². The molecule has 0 amide bonds. The fourth-order valence-corrected chi connectivity index (χ4v) is 3.88. The van der Waals surface area contributed by atoms with Crippen LogP contribution in [-0.2, 0) is 16.5 Å². The summed E-state index contributed by atoms with van der Waals surface area (Å²) in [6, 6.07) is 7.90. The van der Waals surface area contributed by atoms with Crippen molar-refractivity contribution in [3.63, 3.8) is 0 Å². The second kappa shape index (κ2) is 7.24.